The zero-order valence-electron chi connectivity index (χ0n) is 19.0. The molecule has 1 rings (SSSR count). The molecular weight excluding hydrogens is 404 g/mol. The maximum Gasteiger partial charge on any atom is 0.419 e. The van der Waals surface area contributed by atoms with Gasteiger partial charge in [-0.05, 0) is 78.6 Å². The highest BCUT2D eigenvalue weighted by molar-refractivity contribution is 7.85. The number of imide groups is 1. The van der Waals surface area contributed by atoms with Gasteiger partial charge in [-0.1, -0.05) is 12.8 Å². The molecule has 1 aromatic carbocycles. The maximum absolute atomic E-state index is 12.4. The minimum atomic E-state index is -1.06. The van der Waals surface area contributed by atoms with Crippen molar-refractivity contribution in [3.8, 4) is 0 Å². The fourth-order valence-electron chi connectivity index (χ4n) is 2.49. The fourth-order valence-corrected chi connectivity index (χ4v) is 3.63. The van der Waals surface area contributed by atoms with Crippen LogP contribution in [-0.2, 0) is 20.3 Å². The molecule has 8 heteroatoms. The van der Waals surface area contributed by atoms with Crippen LogP contribution in [0.3, 0.4) is 0 Å². The molecule has 1 unspecified atom stereocenters. The average Bonchev–Trinajstić information content (AvgIpc) is 2.58. The normalized spacial score (nSPS) is 12.9. The number of nitrogens with zero attached hydrogens (tertiary/aromatic N) is 1. The first-order valence-electron chi connectivity index (χ1n) is 10.3. The number of hydrogen-bond donors (Lipinski definition) is 1. The molecule has 0 spiro atoms. The predicted octanol–water partition coefficient (Wildman–Crippen LogP) is 5.11. The lowest BCUT2D eigenvalue weighted by Gasteiger charge is -2.28. The van der Waals surface area contributed by atoms with Gasteiger partial charge in [-0.3, -0.25) is 4.21 Å². The van der Waals surface area contributed by atoms with Crippen molar-refractivity contribution in [2.24, 2.45) is 0 Å². The van der Waals surface area contributed by atoms with E-state index in [1.807, 2.05) is 0 Å². The molecule has 1 aromatic rings. The Morgan fingerprint density at radius 1 is 0.867 bits per heavy atom. The Morgan fingerprint density at radius 2 is 1.33 bits per heavy atom. The van der Waals surface area contributed by atoms with Gasteiger partial charge in [0.15, 0.2) is 0 Å². The van der Waals surface area contributed by atoms with Crippen LogP contribution in [0.1, 0.15) is 67.2 Å². The minimum absolute atomic E-state index is 0.213. The van der Waals surface area contributed by atoms with Crippen LogP contribution in [0.4, 0.5) is 15.3 Å². The number of carbonyl (C=O) groups excluding carboxylic acids is 2. The van der Waals surface area contributed by atoms with Crippen LogP contribution in [0, 0.1) is 0 Å². The highest BCUT2D eigenvalue weighted by Crippen LogP contribution is 2.16. The fraction of sp³-hybridized carbons (Fsp3) is 0.636. The molecule has 2 amide bonds. The Labute approximate surface area is 182 Å². The topological polar surface area (TPSA) is 98.9 Å². The quantitative estimate of drug-likeness (QED) is 0.445. The van der Waals surface area contributed by atoms with Crippen molar-refractivity contribution < 1.29 is 23.3 Å². The van der Waals surface area contributed by atoms with Crippen molar-refractivity contribution in [3.05, 3.63) is 24.3 Å². The van der Waals surface area contributed by atoms with E-state index in [1.165, 1.54) is 0 Å². The molecule has 1 atom stereocenters. The maximum atomic E-state index is 12.4. The number of ether oxygens (including phenoxy) is 2. The Kier molecular flexibility index (Phi) is 9.81. The van der Waals surface area contributed by atoms with Gasteiger partial charge in [0.05, 0.1) is 10.8 Å². The van der Waals surface area contributed by atoms with Crippen molar-refractivity contribution in [3.63, 3.8) is 0 Å². The van der Waals surface area contributed by atoms with Gasteiger partial charge < -0.3 is 15.2 Å². The largest absolute Gasteiger partial charge is 0.443 e. The van der Waals surface area contributed by atoms with E-state index in [4.69, 9.17) is 15.2 Å². The van der Waals surface area contributed by atoms with E-state index >= 15 is 0 Å². The van der Waals surface area contributed by atoms with Crippen LogP contribution in [-0.4, -0.2) is 44.8 Å². The number of amides is 2. The summed E-state index contributed by atoms with van der Waals surface area (Å²) >= 11 is 0. The van der Waals surface area contributed by atoms with Gasteiger partial charge >= 0.3 is 12.2 Å². The number of unbranched alkanes of at least 4 members (excludes halogenated alkanes) is 3. The van der Waals surface area contributed by atoms with Crippen LogP contribution in [0.2, 0.25) is 0 Å². The van der Waals surface area contributed by atoms with Gasteiger partial charge in [0, 0.05) is 22.9 Å². The molecule has 0 bridgehead atoms. The number of rotatable bonds is 8. The lowest BCUT2D eigenvalue weighted by molar-refractivity contribution is 0.00119. The number of hydrogen-bond acceptors (Lipinski definition) is 6. The molecule has 0 radical (unpaired) electrons. The molecule has 30 heavy (non-hydrogen) atoms. The van der Waals surface area contributed by atoms with Crippen LogP contribution >= 0.6 is 0 Å². The summed E-state index contributed by atoms with van der Waals surface area (Å²) in [5.74, 6) is 0.561. The van der Waals surface area contributed by atoms with Gasteiger partial charge in [-0.15, -0.1) is 0 Å². The SMILES string of the molecule is CC(C)(C)OC(=O)N(CCCCCCS(=O)c1ccc(N)cc1)C(=O)OC(C)(C)C. The lowest BCUT2D eigenvalue weighted by atomic mass is 10.2. The van der Waals surface area contributed by atoms with Crippen molar-refractivity contribution in [1.82, 2.24) is 4.90 Å². The summed E-state index contributed by atoms with van der Waals surface area (Å²) in [4.78, 5) is 26.6. The average molecular weight is 441 g/mol. The van der Waals surface area contributed by atoms with Gasteiger partial charge in [0.1, 0.15) is 11.2 Å². The molecule has 170 valence electrons. The molecule has 0 aliphatic heterocycles. The van der Waals surface area contributed by atoms with Crippen LogP contribution in [0.25, 0.3) is 0 Å². The molecular formula is C22H36N2O5S. The standard InChI is InChI=1S/C22H36N2O5S/c1-21(2,3)28-19(25)24(20(26)29-22(4,5)6)15-9-7-8-10-16-30(27)18-13-11-17(23)12-14-18/h11-14H,7-10,15-16,23H2,1-6H3. The Balaban J connectivity index is 2.48. The summed E-state index contributed by atoms with van der Waals surface area (Å²) in [5.41, 5.74) is 4.89. The zero-order chi connectivity index (χ0) is 22.9. The third kappa shape index (κ3) is 10.6. The van der Waals surface area contributed by atoms with Crippen LogP contribution in [0.15, 0.2) is 29.2 Å². The highest BCUT2D eigenvalue weighted by Gasteiger charge is 2.30. The Hall–Kier alpha value is -2.09. The van der Waals surface area contributed by atoms with Gasteiger partial charge in [-0.2, -0.15) is 0 Å². The van der Waals surface area contributed by atoms with Crippen LogP contribution < -0.4 is 5.73 Å². The zero-order valence-corrected chi connectivity index (χ0v) is 19.8. The molecule has 0 saturated heterocycles. The van der Waals surface area contributed by atoms with E-state index in [0.717, 1.165) is 29.1 Å². The molecule has 0 heterocycles. The van der Waals surface area contributed by atoms with E-state index in [-0.39, 0.29) is 6.54 Å². The minimum Gasteiger partial charge on any atom is -0.443 e. The number of nitrogens with two attached hydrogens (primary N) is 1. The number of benzene rings is 1. The Morgan fingerprint density at radius 3 is 1.80 bits per heavy atom. The number of anilines is 1. The first-order valence-corrected chi connectivity index (χ1v) is 11.6. The third-order valence-corrected chi connectivity index (χ3v) is 5.29. The van der Waals surface area contributed by atoms with Gasteiger partial charge in [0.25, 0.3) is 0 Å². The molecule has 0 saturated carbocycles. The first-order chi connectivity index (χ1) is 13.8. The number of carbonyl (C=O) groups is 2. The molecule has 0 fully saturated rings. The molecule has 0 aliphatic rings. The Bertz CT molecular complexity index is 693. The smallest absolute Gasteiger partial charge is 0.419 e. The van der Waals surface area contributed by atoms with Crippen LogP contribution in [0.5, 0.6) is 0 Å². The van der Waals surface area contributed by atoms with Gasteiger partial charge in [-0.25, -0.2) is 14.5 Å². The second-order valence-electron chi connectivity index (χ2n) is 9.15. The van der Waals surface area contributed by atoms with E-state index in [2.05, 4.69) is 0 Å². The van der Waals surface area contributed by atoms with Crippen molar-refractivity contribution in [1.29, 1.82) is 0 Å². The predicted molar refractivity (Wildman–Crippen MR) is 120 cm³/mol. The summed E-state index contributed by atoms with van der Waals surface area (Å²) in [7, 11) is -1.06. The molecule has 0 aliphatic carbocycles. The summed E-state index contributed by atoms with van der Waals surface area (Å²) in [6.45, 7) is 10.7. The number of nitrogen functional groups attached to an aromatic ring is 1. The van der Waals surface area contributed by atoms with E-state index in [1.54, 1.807) is 65.8 Å². The highest BCUT2D eigenvalue weighted by atomic mass is 32.2. The second-order valence-corrected chi connectivity index (χ2v) is 10.7. The second kappa shape index (κ2) is 11.3. The summed E-state index contributed by atoms with van der Waals surface area (Å²) in [6.07, 6.45) is 1.63. The molecule has 0 aromatic heterocycles. The lowest BCUT2D eigenvalue weighted by Crippen LogP contribution is -2.44. The van der Waals surface area contributed by atoms with Gasteiger partial charge in [0.2, 0.25) is 0 Å². The molecule has 7 nitrogen and oxygen atoms in total. The third-order valence-electron chi connectivity index (χ3n) is 3.83. The van der Waals surface area contributed by atoms with E-state index in [0.29, 0.717) is 17.9 Å². The van der Waals surface area contributed by atoms with Crippen molar-refractivity contribution in [2.45, 2.75) is 83.3 Å². The monoisotopic (exact) mass is 440 g/mol. The molecule has 2 N–H and O–H groups in total. The summed E-state index contributed by atoms with van der Waals surface area (Å²) in [5, 5.41) is 0. The van der Waals surface area contributed by atoms with E-state index < -0.39 is 34.2 Å². The van der Waals surface area contributed by atoms with Crippen molar-refractivity contribution >= 4 is 28.7 Å². The first kappa shape index (κ1) is 25.9. The summed E-state index contributed by atoms with van der Waals surface area (Å²) in [6, 6.07) is 7.06. The van der Waals surface area contributed by atoms with E-state index in [9.17, 15) is 13.8 Å². The summed E-state index contributed by atoms with van der Waals surface area (Å²) < 4.78 is 23.0. The van der Waals surface area contributed by atoms with Crippen molar-refractivity contribution in [2.75, 3.05) is 18.0 Å².